The fraction of sp³-hybridized carbons (Fsp3) is 0.769. The summed E-state index contributed by atoms with van der Waals surface area (Å²) < 4.78 is 21.9. The number of alkyl halides is 1. The van der Waals surface area contributed by atoms with Crippen molar-refractivity contribution in [3.63, 3.8) is 0 Å². The van der Waals surface area contributed by atoms with E-state index in [1.54, 1.807) is 25.5 Å². The fourth-order valence-electron chi connectivity index (χ4n) is 2.30. The molecule has 0 saturated carbocycles. The van der Waals surface area contributed by atoms with E-state index in [1.165, 1.54) is 4.90 Å². The van der Waals surface area contributed by atoms with E-state index in [4.69, 9.17) is 4.74 Å². The molecule has 118 valence electrons. The third-order valence-electron chi connectivity index (χ3n) is 3.34. The van der Waals surface area contributed by atoms with Crippen LogP contribution in [-0.4, -0.2) is 50.8 Å². The zero-order chi connectivity index (χ0) is 15.8. The Morgan fingerprint density at radius 3 is 2.62 bits per heavy atom. The maximum atomic E-state index is 14.4. The van der Waals surface area contributed by atoms with Crippen LogP contribution in [0.25, 0.3) is 0 Å². The van der Waals surface area contributed by atoms with Crippen molar-refractivity contribution >= 4 is 22.0 Å². The van der Waals surface area contributed by atoms with Gasteiger partial charge < -0.3 is 9.64 Å². The molecule has 21 heavy (non-hydrogen) atoms. The first kappa shape index (κ1) is 16.2. The SMILES string of the molecule is Cc1c(Br)nnn1C1CCN(C(=O)OC(C)(C)C)C[C@@H]1F. The number of nitrogens with zero attached hydrogens (tertiary/aromatic N) is 4. The molecule has 1 unspecified atom stereocenters. The van der Waals surface area contributed by atoms with E-state index in [0.717, 1.165) is 5.69 Å². The third-order valence-corrected chi connectivity index (χ3v) is 4.08. The number of amides is 1. The van der Waals surface area contributed by atoms with Crippen molar-refractivity contribution in [2.75, 3.05) is 13.1 Å². The molecule has 1 fully saturated rings. The van der Waals surface area contributed by atoms with Gasteiger partial charge in [-0.15, -0.1) is 5.10 Å². The lowest BCUT2D eigenvalue weighted by molar-refractivity contribution is 0.00546. The van der Waals surface area contributed by atoms with Gasteiger partial charge in [0.2, 0.25) is 0 Å². The fourth-order valence-corrected chi connectivity index (χ4v) is 2.55. The number of hydrogen-bond donors (Lipinski definition) is 0. The molecule has 1 amide bonds. The van der Waals surface area contributed by atoms with Crippen LogP contribution in [0, 0.1) is 6.92 Å². The van der Waals surface area contributed by atoms with Gasteiger partial charge in [0.15, 0.2) is 4.60 Å². The molecule has 6 nitrogen and oxygen atoms in total. The highest BCUT2D eigenvalue weighted by atomic mass is 79.9. The Balaban J connectivity index is 2.02. The van der Waals surface area contributed by atoms with Gasteiger partial charge in [0.25, 0.3) is 0 Å². The standard InChI is InChI=1S/C13H20BrFN4O2/c1-8-11(14)16-17-19(8)10-5-6-18(7-9(10)15)12(20)21-13(2,3)4/h9-10H,5-7H2,1-4H3/t9-,10?/m0/s1. The van der Waals surface area contributed by atoms with Gasteiger partial charge in [0.1, 0.15) is 11.8 Å². The van der Waals surface area contributed by atoms with E-state index in [1.807, 2.05) is 6.92 Å². The Morgan fingerprint density at radius 1 is 1.48 bits per heavy atom. The van der Waals surface area contributed by atoms with Gasteiger partial charge in [-0.05, 0) is 50.0 Å². The summed E-state index contributed by atoms with van der Waals surface area (Å²) in [5, 5.41) is 7.85. The van der Waals surface area contributed by atoms with Crippen molar-refractivity contribution in [3.8, 4) is 0 Å². The minimum atomic E-state index is -1.20. The van der Waals surface area contributed by atoms with E-state index in [-0.39, 0.29) is 6.54 Å². The quantitative estimate of drug-likeness (QED) is 0.770. The molecule has 0 aromatic carbocycles. The highest BCUT2D eigenvalue weighted by molar-refractivity contribution is 9.10. The number of halogens is 2. The summed E-state index contributed by atoms with van der Waals surface area (Å²) in [5.74, 6) is 0. The number of piperidine rings is 1. The molecule has 1 saturated heterocycles. The highest BCUT2D eigenvalue weighted by Crippen LogP contribution is 2.28. The molecular formula is C13H20BrFN4O2. The van der Waals surface area contributed by atoms with Crippen molar-refractivity contribution in [1.29, 1.82) is 0 Å². The van der Waals surface area contributed by atoms with Gasteiger partial charge >= 0.3 is 6.09 Å². The zero-order valence-corrected chi connectivity index (χ0v) is 14.2. The van der Waals surface area contributed by atoms with Crippen LogP contribution in [0.2, 0.25) is 0 Å². The summed E-state index contributed by atoms with van der Waals surface area (Å²) in [5.41, 5.74) is 0.209. The monoisotopic (exact) mass is 362 g/mol. The first-order chi connectivity index (χ1) is 9.69. The highest BCUT2D eigenvalue weighted by Gasteiger charge is 2.35. The molecule has 2 atom stereocenters. The van der Waals surface area contributed by atoms with Crippen LogP contribution in [0.5, 0.6) is 0 Å². The maximum absolute atomic E-state index is 14.4. The topological polar surface area (TPSA) is 60.2 Å². The second kappa shape index (κ2) is 5.90. The van der Waals surface area contributed by atoms with Crippen LogP contribution in [0.15, 0.2) is 4.60 Å². The summed E-state index contributed by atoms with van der Waals surface area (Å²) in [7, 11) is 0. The van der Waals surface area contributed by atoms with Gasteiger partial charge in [-0.25, -0.2) is 13.9 Å². The van der Waals surface area contributed by atoms with Gasteiger partial charge in [-0.2, -0.15) is 0 Å². The molecule has 0 bridgehead atoms. The van der Waals surface area contributed by atoms with Crippen molar-refractivity contribution in [1.82, 2.24) is 19.9 Å². The van der Waals surface area contributed by atoms with Crippen LogP contribution in [0.4, 0.5) is 9.18 Å². The molecular weight excluding hydrogens is 343 g/mol. The van der Waals surface area contributed by atoms with E-state index in [2.05, 4.69) is 26.2 Å². The molecule has 0 radical (unpaired) electrons. The first-order valence-corrected chi connectivity index (χ1v) is 7.67. The second-order valence-electron chi connectivity index (χ2n) is 6.21. The van der Waals surface area contributed by atoms with E-state index in [9.17, 15) is 9.18 Å². The van der Waals surface area contributed by atoms with E-state index in [0.29, 0.717) is 17.6 Å². The Hall–Kier alpha value is -1.18. The summed E-state index contributed by atoms with van der Waals surface area (Å²) in [4.78, 5) is 13.4. The summed E-state index contributed by atoms with van der Waals surface area (Å²) in [6.45, 7) is 7.66. The van der Waals surface area contributed by atoms with Gasteiger partial charge in [-0.1, -0.05) is 5.21 Å². The Morgan fingerprint density at radius 2 is 2.14 bits per heavy atom. The summed E-state index contributed by atoms with van der Waals surface area (Å²) in [6.07, 6.45) is -1.18. The lowest BCUT2D eigenvalue weighted by Gasteiger charge is -2.35. The number of ether oxygens (including phenoxy) is 1. The number of carbonyl (C=O) groups is 1. The Bertz CT molecular complexity index is 529. The average Bonchev–Trinajstić information content (AvgIpc) is 2.68. The van der Waals surface area contributed by atoms with Gasteiger partial charge in [0, 0.05) is 6.54 Å². The molecule has 1 aromatic heterocycles. The van der Waals surface area contributed by atoms with E-state index < -0.39 is 23.9 Å². The summed E-state index contributed by atoms with van der Waals surface area (Å²) >= 11 is 3.27. The molecule has 1 aliphatic heterocycles. The smallest absolute Gasteiger partial charge is 0.410 e. The van der Waals surface area contributed by atoms with E-state index >= 15 is 0 Å². The summed E-state index contributed by atoms with van der Waals surface area (Å²) in [6, 6.07) is -0.400. The number of rotatable bonds is 1. The molecule has 0 N–H and O–H groups in total. The first-order valence-electron chi connectivity index (χ1n) is 6.88. The predicted molar refractivity (Wildman–Crippen MR) is 78.8 cm³/mol. The second-order valence-corrected chi connectivity index (χ2v) is 6.96. The minimum Gasteiger partial charge on any atom is -0.444 e. The van der Waals surface area contributed by atoms with Crippen LogP contribution in [-0.2, 0) is 4.74 Å². The van der Waals surface area contributed by atoms with Crippen LogP contribution >= 0.6 is 15.9 Å². The molecule has 2 rings (SSSR count). The largest absolute Gasteiger partial charge is 0.444 e. The molecule has 8 heteroatoms. The van der Waals surface area contributed by atoms with Crippen LogP contribution in [0.3, 0.4) is 0 Å². The molecule has 1 aromatic rings. The number of carbonyl (C=O) groups excluding carboxylic acids is 1. The van der Waals surface area contributed by atoms with Crippen molar-refractivity contribution < 1.29 is 13.9 Å². The zero-order valence-electron chi connectivity index (χ0n) is 12.6. The number of hydrogen-bond acceptors (Lipinski definition) is 4. The maximum Gasteiger partial charge on any atom is 0.410 e. The molecule has 0 aliphatic carbocycles. The molecule has 2 heterocycles. The van der Waals surface area contributed by atoms with Gasteiger partial charge in [0.05, 0.1) is 18.3 Å². The van der Waals surface area contributed by atoms with Gasteiger partial charge in [-0.3, -0.25) is 0 Å². The lowest BCUT2D eigenvalue weighted by Crippen LogP contribution is -2.47. The number of likely N-dealkylation sites (tertiary alicyclic amines) is 1. The Kier molecular flexibility index (Phi) is 4.55. The van der Waals surface area contributed by atoms with Crippen molar-refractivity contribution in [3.05, 3.63) is 10.3 Å². The molecule has 1 aliphatic rings. The molecule has 0 spiro atoms. The van der Waals surface area contributed by atoms with Crippen molar-refractivity contribution in [2.45, 2.75) is 51.9 Å². The normalized spacial score (nSPS) is 23.2. The van der Waals surface area contributed by atoms with Crippen LogP contribution < -0.4 is 0 Å². The third kappa shape index (κ3) is 3.72. The van der Waals surface area contributed by atoms with Crippen molar-refractivity contribution in [2.24, 2.45) is 0 Å². The Labute approximate surface area is 131 Å². The van der Waals surface area contributed by atoms with Crippen LogP contribution in [0.1, 0.15) is 38.9 Å². The minimum absolute atomic E-state index is 0.0104. The average molecular weight is 363 g/mol. The predicted octanol–water partition coefficient (Wildman–Crippen LogP) is 2.87. The lowest BCUT2D eigenvalue weighted by atomic mass is 10.0. The number of aromatic nitrogens is 3.